The minimum absolute atomic E-state index is 0.0507. The number of anilines is 3. The molecule has 0 saturated heterocycles. The first-order valence-electron chi connectivity index (χ1n) is 9.80. The Balaban J connectivity index is 1.44. The second-order valence-electron chi connectivity index (χ2n) is 7.00. The van der Waals surface area contributed by atoms with Gasteiger partial charge < -0.3 is 16.0 Å². The molecule has 0 bridgehead atoms. The van der Waals surface area contributed by atoms with Crippen LogP contribution >= 0.6 is 23.1 Å². The van der Waals surface area contributed by atoms with Crippen molar-refractivity contribution in [3.8, 4) is 0 Å². The smallest absolute Gasteiger partial charge is 0.326 e. The van der Waals surface area contributed by atoms with E-state index in [1.54, 1.807) is 29.6 Å². The molecule has 0 aliphatic rings. The molecule has 7 nitrogen and oxygen atoms in total. The molecular weight excluding hydrogens is 489 g/mol. The molecule has 0 fully saturated rings. The van der Waals surface area contributed by atoms with Crippen LogP contribution in [0.2, 0.25) is 0 Å². The molecule has 0 aliphatic heterocycles. The number of thiazole rings is 1. The Labute approximate surface area is 201 Å². The van der Waals surface area contributed by atoms with Gasteiger partial charge in [0, 0.05) is 29.4 Å². The molecule has 3 amide bonds. The summed E-state index contributed by atoms with van der Waals surface area (Å²) < 4.78 is 38.4. The number of nitrogens with one attached hydrogen (secondary N) is 3. The van der Waals surface area contributed by atoms with E-state index in [4.69, 9.17) is 0 Å². The van der Waals surface area contributed by atoms with Gasteiger partial charge in [0.25, 0.3) is 0 Å². The molecule has 0 saturated carbocycles. The Morgan fingerprint density at radius 3 is 1.97 bits per heavy atom. The van der Waals surface area contributed by atoms with Crippen LogP contribution in [0.5, 0.6) is 0 Å². The quantitative estimate of drug-likeness (QED) is 0.371. The fourth-order valence-electron chi connectivity index (χ4n) is 2.71. The van der Waals surface area contributed by atoms with Gasteiger partial charge in [0.05, 0.1) is 23.4 Å². The molecule has 0 radical (unpaired) electrons. The van der Waals surface area contributed by atoms with Crippen LogP contribution in [0.1, 0.15) is 18.2 Å². The zero-order chi connectivity index (χ0) is 24.7. The van der Waals surface area contributed by atoms with Gasteiger partial charge in [0.2, 0.25) is 17.7 Å². The Bertz CT molecular complexity index is 1160. The highest BCUT2D eigenvalue weighted by Gasteiger charge is 2.30. The van der Waals surface area contributed by atoms with Gasteiger partial charge in [-0.05, 0) is 48.5 Å². The zero-order valence-electron chi connectivity index (χ0n) is 17.7. The number of benzene rings is 2. The van der Waals surface area contributed by atoms with Crippen molar-refractivity contribution in [2.24, 2.45) is 0 Å². The third-order valence-electron chi connectivity index (χ3n) is 4.18. The van der Waals surface area contributed by atoms with E-state index in [9.17, 15) is 27.6 Å². The molecule has 0 unspecified atom stereocenters. The van der Waals surface area contributed by atoms with E-state index in [-0.39, 0.29) is 29.7 Å². The fraction of sp³-hybridized carbons (Fsp3) is 0.182. The standard InChI is InChI=1S/C22H19F3N4O3S2/c1-13(30)26-15-6-8-17(9-7-15)28-20(32)12-34-21-29-18(11-33-21)10-19(31)27-16-4-2-14(3-5-16)22(23,24)25/h2-9,11H,10,12H2,1H3,(H,26,30)(H,27,31)(H,28,32). The number of hydrogen-bond acceptors (Lipinski definition) is 6. The van der Waals surface area contributed by atoms with Crippen molar-refractivity contribution in [2.45, 2.75) is 23.9 Å². The number of rotatable bonds is 8. The van der Waals surface area contributed by atoms with Crippen LogP contribution in [0.25, 0.3) is 0 Å². The monoisotopic (exact) mass is 508 g/mol. The molecule has 2 aromatic carbocycles. The first-order valence-corrected chi connectivity index (χ1v) is 11.7. The van der Waals surface area contributed by atoms with Crippen molar-refractivity contribution < 1.29 is 27.6 Å². The summed E-state index contributed by atoms with van der Waals surface area (Å²) in [6.07, 6.45) is -4.49. The lowest BCUT2D eigenvalue weighted by atomic mass is 10.2. The molecule has 12 heteroatoms. The van der Waals surface area contributed by atoms with Gasteiger partial charge in [-0.15, -0.1) is 11.3 Å². The van der Waals surface area contributed by atoms with E-state index in [0.717, 1.165) is 12.1 Å². The first kappa shape index (κ1) is 25.2. The molecule has 34 heavy (non-hydrogen) atoms. The van der Waals surface area contributed by atoms with Crippen LogP contribution in [-0.4, -0.2) is 28.5 Å². The van der Waals surface area contributed by atoms with Crippen LogP contribution in [0.3, 0.4) is 0 Å². The van der Waals surface area contributed by atoms with Crippen LogP contribution in [0.15, 0.2) is 58.3 Å². The molecule has 0 atom stereocenters. The summed E-state index contributed by atoms with van der Waals surface area (Å²) in [5.41, 5.74) is 1.16. The van der Waals surface area contributed by atoms with Gasteiger partial charge >= 0.3 is 6.18 Å². The Hall–Kier alpha value is -3.38. The number of amides is 3. The van der Waals surface area contributed by atoms with E-state index in [0.29, 0.717) is 21.4 Å². The lowest BCUT2D eigenvalue weighted by Crippen LogP contribution is -2.15. The molecule has 3 rings (SSSR count). The number of alkyl halides is 3. The maximum atomic E-state index is 12.6. The Kier molecular flexibility index (Phi) is 8.29. The number of carbonyl (C=O) groups excluding carboxylic acids is 3. The minimum atomic E-state index is -4.44. The highest BCUT2D eigenvalue weighted by molar-refractivity contribution is 8.01. The van der Waals surface area contributed by atoms with Gasteiger partial charge in [0.1, 0.15) is 0 Å². The lowest BCUT2D eigenvalue weighted by molar-refractivity contribution is -0.137. The predicted molar refractivity (Wildman–Crippen MR) is 126 cm³/mol. The Morgan fingerprint density at radius 1 is 0.882 bits per heavy atom. The summed E-state index contributed by atoms with van der Waals surface area (Å²) in [5, 5.41) is 9.60. The van der Waals surface area contributed by atoms with Crippen molar-refractivity contribution in [1.29, 1.82) is 0 Å². The normalized spacial score (nSPS) is 11.1. The first-order chi connectivity index (χ1) is 16.1. The summed E-state index contributed by atoms with van der Waals surface area (Å²) in [6.45, 7) is 1.41. The molecule has 178 valence electrons. The number of carbonyl (C=O) groups is 3. The molecule has 0 aliphatic carbocycles. The largest absolute Gasteiger partial charge is 0.416 e. The third kappa shape index (κ3) is 7.89. The summed E-state index contributed by atoms with van der Waals surface area (Å²) in [5.74, 6) is -0.734. The van der Waals surface area contributed by atoms with Crippen LogP contribution in [-0.2, 0) is 27.0 Å². The van der Waals surface area contributed by atoms with Crippen molar-refractivity contribution in [2.75, 3.05) is 21.7 Å². The molecule has 0 spiro atoms. The van der Waals surface area contributed by atoms with Crippen LogP contribution < -0.4 is 16.0 Å². The third-order valence-corrected chi connectivity index (χ3v) is 6.25. The topological polar surface area (TPSA) is 100 Å². The van der Waals surface area contributed by atoms with Gasteiger partial charge in [-0.1, -0.05) is 11.8 Å². The maximum Gasteiger partial charge on any atom is 0.416 e. The summed E-state index contributed by atoms with van der Waals surface area (Å²) >= 11 is 2.50. The number of hydrogen-bond donors (Lipinski definition) is 3. The van der Waals surface area contributed by atoms with Crippen molar-refractivity contribution in [1.82, 2.24) is 4.98 Å². The molecule has 3 aromatic rings. The van der Waals surface area contributed by atoms with Crippen molar-refractivity contribution in [3.05, 3.63) is 65.2 Å². The van der Waals surface area contributed by atoms with E-state index in [1.807, 2.05) is 0 Å². The summed E-state index contributed by atoms with van der Waals surface area (Å²) in [7, 11) is 0. The van der Waals surface area contributed by atoms with E-state index in [2.05, 4.69) is 20.9 Å². The van der Waals surface area contributed by atoms with Gasteiger partial charge in [-0.3, -0.25) is 14.4 Å². The second-order valence-corrected chi connectivity index (χ2v) is 9.08. The average molecular weight is 509 g/mol. The average Bonchev–Trinajstić information content (AvgIpc) is 3.20. The predicted octanol–water partition coefficient (Wildman–Crippen LogP) is 5.03. The highest BCUT2D eigenvalue weighted by Crippen LogP contribution is 2.30. The summed E-state index contributed by atoms with van der Waals surface area (Å²) in [4.78, 5) is 39.7. The lowest BCUT2D eigenvalue weighted by Gasteiger charge is -2.08. The van der Waals surface area contributed by atoms with Crippen LogP contribution in [0.4, 0.5) is 30.2 Å². The second kappa shape index (κ2) is 11.2. The van der Waals surface area contributed by atoms with Gasteiger partial charge in [0.15, 0.2) is 4.34 Å². The highest BCUT2D eigenvalue weighted by atomic mass is 32.2. The van der Waals surface area contributed by atoms with Crippen molar-refractivity contribution >= 4 is 57.9 Å². The fourth-order valence-corrected chi connectivity index (χ4v) is 4.36. The van der Waals surface area contributed by atoms with Gasteiger partial charge in [-0.25, -0.2) is 4.98 Å². The molecule has 1 heterocycles. The van der Waals surface area contributed by atoms with Gasteiger partial charge in [-0.2, -0.15) is 13.2 Å². The molecular formula is C22H19F3N4O3S2. The van der Waals surface area contributed by atoms with Crippen molar-refractivity contribution in [3.63, 3.8) is 0 Å². The Morgan fingerprint density at radius 2 is 1.41 bits per heavy atom. The summed E-state index contributed by atoms with van der Waals surface area (Å²) in [6, 6.07) is 10.9. The van der Waals surface area contributed by atoms with Crippen LogP contribution in [0, 0.1) is 0 Å². The number of halogens is 3. The van der Waals surface area contributed by atoms with E-state index >= 15 is 0 Å². The van der Waals surface area contributed by atoms with E-state index < -0.39 is 17.6 Å². The maximum absolute atomic E-state index is 12.6. The molecule has 3 N–H and O–H groups in total. The number of nitrogens with zero attached hydrogens (tertiary/aromatic N) is 1. The van der Waals surface area contributed by atoms with E-state index in [1.165, 1.54) is 42.2 Å². The minimum Gasteiger partial charge on any atom is -0.326 e. The SMILES string of the molecule is CC(=O)Nc1ccc(NC(=O)CSc2nc(CC(=O)Nc3ccc(C(F)(F)F)cc3)cs2)cc1. The number of thioether (sulfide) groups is 1. The zero-order valence-corrected chi connectivity index (χ0v) is 19.4. The number of aromatic nitrogens is 1. The molecule has 1 aromatic heterocycles.